The zero-order valence-corrected chi connectivity index (χ0v) is 9.54. The molecule has 0 bridgehead atoms. The van der Waals surface area contributed by atoms with Gasteiger partial charge in [-0.2, -0.15) is 0 Å². The van der Waals surface area contributed by atoms with Gasteiger partial charge in [0.15, 0.2) is 0 Å². The van der Waals surface area contributed by atoms with Crippen molar-refractivity contribution in [2.75, 3.05) is 13.4 Å². The fourth-order valence-corrected chi connectivity index (χ4v) is 1.86. The first-order valence-electron chi connectivity index (χ1n) is 3.58. The van der Waals surface area contributed by atoms with Gasteiger partial charge >= 0.3 is 0 Å². The lowest BCUT2D eigenvalue weighted by Gasteiger charge is -2.06. The molecule has 3 heteroatoms. The van der Waals surface area contributed by atoms with Crippen LogP contribution in [0.3, 0.4) is 0 Å². The third-order valence-corrected chi connectivity index (χ3v) is 3.03. The number of hydrogen-bond donors (Lipinski definition) is 0. The molecule has 0 spiro atoms. The van der Waals surface area contributed by atoms with Crippen LogP contribution >= 0.6 is 27.7 Å². The van der Waals surface area contributed by atoms with E-state index in [0.717, 1.165) is 11.1 Å². The van der Waals surface area contributed by atoms with E-state index in [4.69, 9.17) is 4.74 Å². The SMILES string of the molecule is COc1cc(CBr)ccc1SC. The third-order valence-electron chi connectivity index (χ3n) is 1.60. The summed E-state index contributed by atoms with van der Waals surface area (Å²) < 4.78 is 5.24. The molecule has 0 fully saturated rings. The second kappa shape index (κ2) is 4.77. The van der Waals surface area contributed by atoms with Crippen molar-refractivity contribution in [3.63, 3.8) is 0 Å². The van der Waals surface area contributed by atoms with E-state index >= 15 is 0 Å². The smallest absolute Gasteiger partial charge is 0.132 e. The molecule has 0 atom stereocenters. The third kappa shape index (κ3) is 2.17. The summed E-state index contributed by atoms with van der Waals surface area (Å²) in [6.45, 7) is 0. The predicted octanol–water partition coefficient (Wildman–Crippen LogP) is 3.31. The van der Waals surface area contributed by atoms with Crippen molar-refractivity contribution < 1.29 is 4.74 Å². The van der Waals surface area contributed by atoms with Crippen LogP contribution in [0.1, 0.15) is 5.56 Å². The quantitative estimate of drug-likeness (QED) is 0.598. The van der Waals surface area contributed by atoms with Crippen molar-refractivity contribution >= 4 is 27.7 Å². The van der Waals surface area contributed by atoms with Crippen molar-refractivity contribution in [3.05, 3.63) is 23.8 Å². The Morgan fingerprint density at radius 3 is 2.75 bits per heavy atom. The summed E-state index contributed by atoms with van der Waals surface area (Å²) >= 11 is 5.10. The Morgan fingerprint density at radius 2 is 2.25 bits per heavy atom. The Labute approximate surface area is 85.6 Å². The molecule has 0 aliphatic carbocycles. The van der Waals surface area contributed by atoms with Crippen LogP contribution < -0.4 is 4.74 Å². The highest BCUT2D eigenvalue weighted by atomic mass is 79.9. The molecule has 1 aromatic carbocycles. The molecule has 0 aliphatic rings. The van der Waals surface area contributed by atoms with Gasteiger partial charge in [0.1, 0.15) is 5.75 Å². The van der Waals surface area contributed by atoms with Gasteiger partial charge in [-0.25, -0.2) is 0 Å². The highest BCUT2D eigenvalue weighted by Crippen LogP contribution is 2.28. The van der Waals surface area contributed by atoms with Gasteiger partial charge in [-0.3, -0.25) is 0 Å². The van der Waals surface area contributed by atoms with E-state index in [0.29, 0.717) is 0 Å². The lowest BCUT2D eigenvalue weighted by molar-refractivity contribution is 0.404. The maximum atomic E-state index is 5.24. The van der Waals surface area contributed by atoms with Gasteiger partial charge in [0.2, 0.25) is 0 Å². The summed E-state index contributed by atoms with van der Waals surface area (Å²) in [6.07, 6.45) is 2.05. The summed E-state index contributed by atoms with van der Waals surface area (Å²) in [4.78, 5) is 1.18. The average molecular weight is 247 g/mol. The molecule has 1 aromatic rings. The van der Waals surface area contributed by atoms with Crippen molar-refractivity contribution in [2.45, 2.75) is 10.2 Å². The number of rotatable bonds is 3. The Kier molecular flexibility index (Phi) is 3.95. The Hall–Kier alpha value is -0.150. The van der Waals surface area contributed by atoms with Crippen LogP contribution in [0, 0.1) is 0 Å². The lowest BCUT2D eigenvalue weighted by Crippen LogP contribution is -1.87. The molecule has 0 saturated carbocycles. The number of ether oxygens (including phenoxy) is 1. The normalized spacial score (nSPS) is 9.92. The topological polar surface area (TPSA) is 9.23 Å². The Morgan fingerprint density at radius 1 is 1.50 bits per heavy atom. The zero-order chi connectivity index (χ0) is 8.97. The average Bonchev–Trinajstić information content (AvgIpc) is 2.16. The molecule has 0 aliphatic heterocycles. The van der Waals surface area contributed by atoms with E-state index < -0.39 is 0 Å². The number of alkyl halides is 1. The van der Waals surface area contributed by atoms with Crippen molar-refractivity contribution in [1.82, 2.24) is 0 Å². The first-order valence-corrected chi connectivity index (χ1v) is 5.93. The lowest BCUT2D eigenvalue weighted by atomic mass is 10.2. The zero-order valence-electron chi connectivity index (χ0n) is 7.13. The fraction of sp³-hybridized carbons (Fsp3) is 0.333. The first kappa shape index (κ1) is 9.93. The van der Waals surface area contributed by atoms with E-state index in [1.165, 1.54) is 10.5 Å². The van der Waals surface area contributed by atoms with Crippen LogP contribution in [0.15, 0.2) is 23.1 Å². The number of methoxy groups -OCH3 is 1. The van der Waals surface area contributed by atoms with E-state index in [2.05, 4.69) is 34.1 Å². The number of benzene rings is 1. The summed E-state index contributed by atoms with van der Waals surface area (Å²) in [7, 11) is 1.70. The van der Waals surface area contributed by atoms with Crippen LogP contribution in [0.5, 0.6) is 5.75 Å². The van der Waals surface area contributed by atoms with Crippen molar-refractivity contribution in [3.8, 4) is 5.75 Å². The van der Waals surface area contributed by atoms with E-state index in [1.54, 1.807) is 18.9 Å². The minimum absolute atomic E-state index is 0.873. The molecule has 0 N–H and O–H groups in total. The van der Waals surface area contributed by atoms with Gasteiger partial charge in [0.25, 0.3) is 0 Å². The Balaban J connectivity index is 3.02. The van der Waals surface area contributed by atoms with Gasteiger partial charge in [0.05, 0.1) is 7.11 Å². The molecule has 0 saturated heterocycles. The highest BCUT2D eigenvalue weighted by Gasteiger charge is 2.01. The first-order chi connectivity index (χ1) is 5.81. The largest absolute Gasteiger partial charge is 0.496 e. The van der Waals surface area contributed by atoms with Gasteiger partial charge in [-0.1, -0.05) is 22.0 Å². The van der Waals surface area contributed by atoms with E-state index in [-0.39, 0.29) is 0 Å². The van der Waals surface area contributed by atoms with Crippen LogP contribution in [0.2, 0.25) is 0 Å². The minimum Gasteiger partial charge on any atom is -0.496 e. The fourth-order valence-electron chi connectivity index (χ4n) is 0.964. The highest BCUT2D eigenvalue weighted by molar-refractivity contribution is 9.08. The van der Waals surface area contributed by atoms with Gasteiger partial charge in [0, 0.05) is 10.2 Å². The summed E-state index contributed by atoms with van der Waals surface area (Å²) in [6, 6.07) is 6.24. The number of halogens is 1. The summed E-state index contributed by atoms with van der Waals surface area (Å²) in [5.41, 5.74) is 1.24. The molecular formula is C9H11BrOS. The number of thioether (sulfide) groups is 1. The summed E-state index contributed by atoms with van der Waals surface area (Å²) in [5, 5.41) is 0.873. The van der Waals surface area contributed by atoms with Crippen molar-refractivity contribution in [2.24, 2.45) is 0 Å². The van der Waals surface area contributed by atoms with Crippen LogP contribution in [0.4, 0.5) is 0 Å². The Bertz CT molecular complexity index is 263. The van der Waals surface area contributed by atoms with Gasteiger partial charge in [-0.15, -0.1) is 11.8 Å². The molecule has 12 heavy (non-hydrogen) atoms. The maximum absolute atomic E-state index is 5.24. The molecule has 66 valence electrons. The molecule has 1 rings (SSSR count). The molecule has 0 heterocycles. The molecule has 0 unspecified atom stereocenters. The molecule has 0 aromatic heterocycles. The second-order valence-electron chi connectivity index (χ2n) is 2.32. The molecule has 0 radical (unpaired) electrons. The predicted molar refractivity (Wildman–Crippen MR) is 57.4 cm³/mol. The number of hydrogen-bond acceptors (Lipinski definition) is 2. The van der Waals surface area contributed by atoms with E-state index in [1.807, 2.05) is 6.26 Å². The van der Waals surface area contributed by atoms with Crippen LogP contribution in [0.25, 0.3) is 0 Å². The molecule has 0 amide bonds. The standard InChI is InChI=1S/C9H11BrOS/c1-11-8-5-7(6-10)3-4-9(8)12-2/h3-5H,6H2,1-2H3. The van der Waals surface area contributed by atoms with Crippen LogP contribution in [-0.2, 0) is 5.33 Å². The van der Waals surface area contributed by atoms with Gasteiger partial charge < -0.3 is 4.74 Å². The second-order valence-corrected chi connectivity index (χ2v) is 3.73. The molecular weight excluding hydrogens is 236 g/mol. The van der Waals surface area contributed by atoms with Gasteiger partial charge in [-0.05, 0) is 24.0 Å². The summed E-state index contributed by atoms with van der Waals surface area (Å²) in [5.74, 6) is 0.958. The maximum Gasteiger partial charge on any atom is 0.132 e. The molecule has 1 nitrogen and oxygen atoms in total. The monoisotopic (exact) mass is 246 g/mol. The van der Waals surface area contributed by atoms with E-state index in [9.17, 15) is 0 Å². The minimum atomic E-state index is 0.873. The van der Waals surface area contributed by atoms with Crippen LogP contribution in [-0.4, -0.2) is 13.4 Å². The van der Waals surface area contributed by atoms with Crippen molar-refractivity contribution in [1.29, 1.82) is 0 Å².